The lowest BCUT2D eigenvalue weighted by molar-refractivity contribution is -0.112. The second-order valence-corrected chi connectivity index (χ2v) is 8.91. The first-order valence-electron chi connectivity index (χ1n) is 10.6. The molecule has 0 saturated carbocycles. The molecule has 2 aromatic carbocycles. The summed E-state index contributed by atoms with van der Waals surface area (Å²) in [5.41, 5.74) is 3.79. The largest absolute Gasteiger partial charge is 0.355 e. The van der Waals surface area contributed by atoms with Crippen molar-refractivity contribution < 1.29 is 9.32 Å². The quantitative estimate of drug-likeness (QED) is 0.310. The van der Waals surface area contributed by atoms with Crippen molar-refractivity contribution in [3.8, 4) is 23.5 Å². The smallest absolute Gasteiger partial charge is 0.266 e. The van der Waals surface area contributed by atoms with Gasteiger partial charge in [-0.2, -0.15) is 10.5 Å². The zero-order valence-electron chi connectivity index (χ0n) is 17.6. The van der Waals surface area contributed by atoms with Gasteiger partial charge in [0.15, 0.2) is 5.76 Å². The van der Waals surface area contributed by atoms with Crippen molar-refractivity contribution in [1.82, 2.24) is 5.16 Å². The summed E-state index contributed by atoms with van der Waals surface area (Å²) in [5, 5.41) is 27.5. The Morgan fingerprint density at radius 1 is 1.12 bits per heavy atom. The summed E-state index contributed by atoms with van der Waals surface area (Å²) in [6.45, 7) is 0. The maximum atomic E-state index is 12.9. The summed E-state index contributed by atoms with van der Waals surface area (Å²) in [6.07, 6.45) is 5.45. The SMILES string of the molecule is N#C/C(=C\c1ccc2noc(-c3ccccc3)c2c1)C(=O)Nc1sc2c(c1C#N)CCCC2. The van der Waals surface area contributed by atoms with E-state index < -0.39 is 5.91 Å². The number of hydrogen-bond donors (Lipinski definition) is 1. The van der Waals surface area contributed by atoms with Gasteiger partial charge in [0.05, 0.1) is 10.9 Å². The Balaban J connectivity index is 1.46. The molecule has 7 heteroatoms. The number of rotatable bonds is 4. The third-order valence-electron chi connectivity index (χ3n) is 5.72. The van der Waals surface area contributed by atoms with E-state index in [4.69, 9.17) is 4.52 Å². The predicted molar refractivity (Wildman–Crippen MR) is 127 cm³/mol. The van der Waals surface area contributed by atoms with Crippen LogP contribution in [0.3, 0.4) is 0 Å². The number of amides is 1. The van der Waals surface area contributed by atoms with Gasteiger partial charge in [-0.3, -0.25) is 4.79 Å². The van der Waals surface area contributed by atoms with Gasteiger partial charge in [-0.15, -0.1) is 11.3 Å². The van der Waals surface area contributed by atoms with Crippen LogP contribution in [0.4, 0.5) is 5.00 Å². The monoisotopic (exact) mass is 450 g/mol. The van der Waals surface area contributed by atoms with Gasteiger partial charge in [0.25, 0.3) is 5.91 Å². The van der Waals surface area contributed by atoms with E-state index in [2.05, 4.69) is 16.5 Å². The van der Waals surface area contributed by atoms with Crippen LogP contribution < -0.4 is 5.32 Å². The van der Waals surface area contributed by atoms with Crippen molar-refractivity contribution in [2.24, 2.45) is 0 Å². The van der Waals surface area contributed by atoms with E-state index >= 15 is 0 Å². The van der Waals surface area contributed by atoms with Crippen LogP contribution in [-0.2, 0) is 17.6 Å². The molecule has 4 aromatic rings. The van der Waals surface area contributed by atoms with Crippen LogP contribution in [-0.4, -0.2) is 11.1 Å². The predicted octanol–water partition coefficient (Wildman–Crippen LogP) is 5.85. The molecule has 0 unspecified atom stereocenters. The molecule has 6 nitrogen and oxygen atoms in total. The van der Waals surface area contributed by atoms with E-state index in [0.717, 1.165) is 47.1 Å². The summed E-state index contributed by atoms with van der Waals surface area (Å²) in [7, 11) is 0. The van der Waals surface area contributed by atoms with Gasteiger partial charge in [-0.1, -0.05) is 41.6 Å². The van der Waals surface area contributed by atoms with Crippen LogP contribution in [0, 0.1) is 22.7 Å². The highest BCUT2D eigenvalue weighted by atomic mass is 32.1. The number of aryl methyl sites for hydroxylation is 1. The average Bonchev–Trinajstić information content (AvgIpc) is 3.43. The maximum absolute atomic E-state index is 12.9. The van der Waals surface area contributed by atoms with Crippen molar-refractivity contribution in [1.29, 1.82) is 10.5 Å². The van der Waals surface area contributed by atoms with E-state index in [1.54, 1.807) is 12.1 Å². The molecule has 2 aromatic heterocycles. The maximum Gasteiger partial charge on any atom is 0.266 e. The number of aromatic nitrogens is 1. The number of anilines is 1. The first-order valence-corrected chi connectivity index (χ1v) is 11.4. The van der Waals surface area contributed by atoms with Gasteiger partial charge in [0.1, 0.15) is 28.2 Å². The third kappa shape index (κ3) is 3.91. The highest BCUT2D eigenvalue weighted by molar-refractivity contribution is 7.16. The molecule has 0 radical (unpaired) electrons. The van der Waals surface area contributed by atoms with Crippen LogP contribution >= 0.6 is 11.3 Å². The first-order chi connectivity index (χ1) is 16.2. The number of nitrogens with zero attached hydrogens (tertiary/aromatic N) is 3. The van der Waals surface area contributed by atoms with Crippen molar-refractivity contribution in [2.45, 2.75) is 25.7 Å². The molecular weight excluding hydrogens is 432 g/mol. The van der Waals surface area contributed by atoms with Gasteiger partial charge in [-0.25, -0.2) is 0 Å². The number of carbonyl (C=O) groups is 1. The van der Waals surface area contributed by atoms with E-state index in [9.17, 15) is 15.3 Å². The van der Waals surface area contributed by atoms with Crippen LogP contribution in [0.25, 0.3) is 28.3 Å². The number of nitrogens with one attached hydrogen (secondary N) is 1. The summed E-state index contributed by atoms with van der Waals surface area (Å²) in [5.74, 6) is 0.105. The molecule has 0 bridgehead atoms. The molecule has 1 N–H and O–H groups in total. The first kappa shape index (κ1) is 20.7. The highest BCUT2D eigenvalue weighted by Gasteiger charge is 2.22. The van der Waals surface area contributed by atoms with Crippen LogP contribution in [0.1, 0.15) is 34.4 Å². The molecule has 0 fully saturated rings. The van der Waals surface area contributed by atoms with E-state index in [0.29, 0.717) is 27.4 Å². The Kier molecular flexibility index (Phi) is 5.48. The van der Waals surface area contributed by atoms with Gasteiger partial charge in [-0.05, 0) is 55.0 Å². The number of thiophene rings is 1. The minimum Gasteiger partial charge on any atom is -0.355 e. The molecule has 1 aliphatic rings. The number of carbonyl (C=O) groups excluding carboxylic acids is 1. The fraction of sp³-hybridized carbons (Fsp3) is 0.154. The number of benzene rings is 2. The molecule has 1 aliphatic carbocycles. The Morgan fingerprint density at radius 3 is 2.73 bits per heavy atom. The standard InChI is InChI=1S/C26H18N4O2S/c27-14-18(25(31)29-26-21(15-28)19-8-4-5-9-23(19)33-26)12-16-10-11-22-20(13-16)24(32-30-22)17-6-2-1-3-7-17/h1-3,6-7,10-13H,4-5,8-9H2,(H,29,31)/b18-12+. The van der Waals surface area contributed by atoms with Crippen LogP contribution in [0.2, 0.25) is 0 Å². The lowest BCUT2D eigenvalue weighted by Gasteiger charge is -2.09. The van der Waals surface area contributed by atoms with Crippen molar-refractivity contribution in [3.05, 3.63) is 75.7 Å². The molecule has 0 aliphatic heterocycles. The normalized spacial score (nSPS) is 13.2. The zero-order valence-corrected chi connectivity index (χ0v) is 18.4. The second-order valence-electron chi connectivity index (χ2n) is 7.81. The zero-order chi connectivity index (χ0) is 22.8. The van der Waals surface area contributed by atoms with Crippen LogP contribution in [0.15, 0.2) is 58.6 Å². The van der Waals surface area contributed by atoms with Gasteiger partial charge < -0.3 is 9.84 Å². The minimum absolute atomic E-state index is 0.0395. The third-order valence-corrected chi connectivity index (χ3v) is 6.93. The minimum atomic E-state index is -0.527. The summed E-state index contributed by atoms with van der Waals surface area (Å²) >= 11 is 1.44. The fourth-order valence-corrected chi connectivity index (χ4v) is 5.34. The summed E-state index contributed by atoms with van der Waals surface area (Å²) in [4.78, 5) is 14.1. The van der Waals surface area contributed by atoms with Gasteiger partial charge in [0.2, 0.25) is 0 Å². The molecule has 160 valence electrons. The van der Waals surface area contributed by atoms with Crippen molar-refractivity contribution in [3.63, 3.8) is 0 Å². The van der Waals surface area contributed by atoms with Gasteiger partial charge >= 0.3 is 0 Å². The molecule has 0 spiro atoms. The molecule has 0 atom stereocenters. The number of nitriles is 2. The Labute approximate surface area is 194 Å². The average molecular weight is 451 g/mol. The Bertz CT molecular complexity index is 1480. The van der Waals surface area contributed by atoms with Crippen LogP contribution in [0.5, 0.6) is 0 Å². The van der Waals surface area contributed by atoms with Gasteiger partial charge in [0, 0.05) is 10.4 Å². The fourth-order valence-electron chi connectivity index (χ4n) is 4.10. The van der Waals surface area contributed by atoms with E-state index in [1.807, 2.05) is 42.5 Å². The van der Waals surface area contributed by atoms with E-state index in [1.165, 1.54) is 17.4 Å². The second kappa shape index (κ2) is 8.74. The lowest BCUT2D eigenvalue weighted by atomic mass is 9.96. The topological polar surface area (TPSA) is 103 Å². The molecule has 2 heterocycles. The Hall–Kier alpha value is -4.20. The molecular formula is C26H18N4O2S. The number of hydrogen-bond acceptors (Lipinski definition) is 6. The molecule has 5 rings (SSSR count). The summed E-state index contributed by atoms with van der Waals surface area (Å²) < 4.78 is 5.54. The number of fused-ring (bicyclic) bond motifs is 2. The van der Waals surface area contributed by atoms with Crippen molar-refractivity contribution >= 4 is 39.2 Å². The summed E-state index contributed by atoms with van der Waals surface area (Å²) in [6, 6.07) is 19.3. The molecule has 0 saturated heterocycles. The molecule has 33 heavy (non-hydrogen) atoms. The molecule has 1 amide bonds. The lowest BCUT2D eigenvalue weighted by Crippen LogP contribution is -2.13. The van der Waals surface area contributed by atoms with Crippen molar-refractivity contribution in [2.75, 3.05) is 5.32 Å². The van der Waals surface area contributed by atoms with E-state index in [-0.39, 0.29) is 5.57 Å². The highest BCUT2D eigenvalue weighted by Crippen LogP contribution is 2.38. The Morgan fingerprint density at radius 2 is 1.94 bits per heavy atom.